The highest BCUT2D eigenvalue weighted by atomic mass is 16.5. The van der Waals surface area contributed by atoms with Crippen molar-refractivity contribution >= 4 is 23.2 Å². The molecule has 6 rings (SSSR count). The Morgan fingerprint density at radius 3 is 2.50 bits per heavy atom. The van der Waals surface area contributed by atoms with Crippen LogP contribution < -0.4 is 4.90 Å². The maximum absolute atomic E-state index is 13.5. The molecule has 1 aliphatic heterocycles. The number of carbonyl (C=O) groups is 3. The van der Waals surface area contributed by atoms with Gasteiger partial charge in [-0.25, -0.2) is 0 Å². The van der Waals surface area contributed by atoms with E-state index < -0.39 is 40.9 Å². The number of esters is 1. The van der Waals surface area contributed by atoms with E-state index in [1.165, 1.54) is 0 Å². The fraction of sp³-hybridized carbons (Fsp3) is 0.618. The second-order valence-corrected chi connectivity index (χ2v) is 13.8. The zero-order valence-electron chi connectivity index (χ0n) is 25.1. The molecule has 0 aromatic heterocycles. The lowest BCUT2D eigenvalue weighted by molar-refractivity contribution is -0.181. The van der Waals surface area contributed by atoms with Crippen molar-refractivity contribution in [3.8, 4) is 0 Å². The molecular weight excluding hydrogens is 532 g/mol. The predicted octanol–water partition coefficient (Wildman–Crippen LogP) is 3.10. The van der Waals surface area contributed by atoms with E-state index in [2.05, 4.69) is 23.8 Å². The van der Waals surface area contributed by atoms with E-state index in [4.69, 9.17) is 4.74 Å². The summed E-state index contributed by atoms with van der Waals surface area (Å²) in [6, 6.07) is 7.90. The molecule has 8 nitrogen and oxygen atoms in total. The summed E-state index contributed by atoms with van der Waals surface area (Å²) in [7, 11) is 2.12. The second-order valence-electron chi connectivity index (χ2n) is 13.8. The van der Waals surface area contributed by atoms with Crippen LogP contribution in [0.1, 0.15) is 51.5 Å². The van der Waals surface area contributed by atoms with Crippen molar-refractivity contribution in [3.05, 3.63) is 53.6 Å². The summed E-state index contributed by atoms with van der Waals surface area (Å²) < 4.78 is 5.42. The maximum Gasteiger partial charge on any atom is 0.310 e. The van der Waals surface area contributed by atoms with Crippen molar-refractivity contribution in [2.75, 3.05) is 44.7 Å². The monoisotopic (exact) mass is 576 g/mol. The van der Waals surface area contributed by atoms with E-state index in [1.807, 2.05) is 37.3 Å². The molecule has 7 atom stereocenters. The number of nitrogens with zero attached hydrogens (tertiary/aromatic N) is 2. The third-order valence-corrected chi connectivity index (χ3v) is 11.6. The molecule has 42 heavy (non-hydrogen) atoms. The van der Waals surface area contributed by atoms with Crippen molar-refractivity contribution in [2.24, 2.45) is 28.6 Å². The number of piperazine rings is 1. The lowest BCUT2D eigenvalue weighted by Crippen LogP contribution is -2.61. The van der Waals surface area contributed by atoms with Crippen molar-refractivity contribution < 1.29 is 29.3 Å². The average molecular weight is 577 g/mol. The smallest absolute Gasteiger partial charge is 0.310 e. The molecule has 4 fully saturated rings. The van der Waals surface area contributed by atoms with Crippen LogP contribution in [-0.2, 0) is 25.5 Å². The highest BCUT2D eigenvalue weighted by Gasteiger charge is 2.68. The first-order chi connectivity index (χ1) is 19.9. The largest absolute Gasteiger partial charge is 0.457 e. The molecule has 1 heterocycles. The van der Waals surface area contributed by atoms with Gasteiger partial charge in [0.2, 0.25) is 5.78 Å². The molecule has 1 saturated heterocycles. The molecule has 0 amide bonds. The highest BCUT2D eigenvalue weighted by molar-refractivity contribution is 6.01. The van der Waals surface area contributed by atoms with E-state index >= 15 is 0 Å². The molecule has 5 aliphatic rings. The molecule has 1 aromatic carbocycles. The van der Waals surface area contributed by atoms with Crippen molar-refractivity contribution in [3.63, 3.8) is 0 Å². The number of ether oxygens (including phenoxy) is 1. The van der Waals surface area contributed by atoms with E-state index in [0.717, 1.165) is 55.8 Å². The van der Waals surface area contributed by atoms with Gasteiger partial charge in [-0.15, -0.1) is 0 Å². The number of hydrogen-bond donors (Lipinski definition) is 2. The number of aliphatic hydroxyl groups excluding tert-OH is 1. The summed E-state index contributed by atoms with van der Waals surface area (Å²) >= 11 is 0. The number of aliphatic hydroxyl groups is 2. The minimum absolute atomic E-state index is 0.00545. The summed E-state index contributed by atoms with van der Waals surface area (Å²) in [5.41, 5.74) is 0.136. The highest BCUT2D eigenvalue weighted by Crippen LogP contribution is 2.67. The predicted molar refractivity (Wildman–Crippen MR) is 159 cm³/mol. The lowest BCUT2D eigenvalue weighted by Gasteiger charge is -2.59. The summed E-state index contributed by atoms with van der Waals surface area (Å²) in [6.45, 7) is 7.54. The van der Waals surface area contributed by atoms with Gasteiger partial charge < -0.3 is 24.7 Å². The molecule has 1 aromatic rings. The Balaban J connectivity index is 1.09. The van der Waals surface area contributed by atoms with Gasteiger partial charge in [0.15, 0.2) is 12.4 Å². The van der Waals surface area contributed by atoms with Crippen LogP contribution in [-0.4, -0.2) is 84.2 Å². The number of Topliss-reactive ketones (excluding diaryl/α,β-unsaturated/α-hetero) is 1. The normalized spacial score (nSPS) is 37.9. The Kier molecular flexibility index (Phi) is 7.47. The fourth-order valence-corrected chi connectivity index (χ4v) is 9.16. The van der Waals surface area contributed by atoms with E-state index in [-0.39, 0.29) is 30.0 Å². The molecule has 5 unspecified atom stereocenters. The van der Waals surface area contributed by atoms with Crippen LogP contribution in [0.2, 0.25) is 0 Å². The van der Waals surface area contributed by atoms with Gasteiger partial charge in [-0.05, 0) is 80.8 Å². The van der Waals surface area contributed by atoms with Crippen LogP contribution >= 0.6 is 0 Å². The summed E-state index contributed by atoms with van der Waals surface area (Å²) in [5.74, 6) is -0.883. The van der Waals surface area contributed by atoms with Gasteiger partial charge >= 0.3 is 5.97 Å². The minimum Gasteiger partial charge on any atom is -0.457 e. The van der Waals surface area contributed by atoms with Gasteiger partial charge in [0.1, 0.15) is 5.60 Å². The van der Waals surface area contributed by atoms with Gasteiger partial charge in [-0.1, -0.05) is 37.6 Å². The molecule has 0 radical (unpaired) electrons. The Morgan fingerprint density at radius 1 is 1.07 bits per heavy atom. The van der Waals surface area contributed by atoms with Crippen LogP contribution in [0.15, 0.2) is 48.1 Å². The van der Waals surface area contributed by atoms with Crippen molar-refractivity contribution in [2.45, 2.75) is 64.1 Å². The number of carbonyl (C=O) groups excluding carboxylic acids is 3. The molecule has 8 heteroatoms. The first kappa shape index (κ1) is 29.3. The molecule has 4 aliphatic carbocycles. The van der Waals surface area contributed by atoms with Crippen LogP contribution in [0.25, 0.3) is 0 Å². The zero-order chi connectivity index (χ0) is 29.9. The van der Waals surface area contributed by atoms with E-state index in [9.17, 15) is 24.6 Å². The summed E-state index contributed by atoms with van der Waals surface area (Å²) in [5, 5.41) is 23.4. The summed E-state index contributed by atoms with van der Waals surface area (Å²) in [6.07, 6.45) is 7.47. The second kappa shape index (κ2) is 10.7. The third-order valence-electron chi connectivity index (χ3n) is 11.6. The number of hydrogen-bond acceptors (Lipinski definition) is 8. The van der Waals surface area contributed by atoms with Crippen LogP contribution in [0.4, 0.5) is 5.69 Å². The van der Waals surface area contributed by atoms with Crippen molar-refractivity contribution in [1.82, 2.24) is 4.90 Å². The molecule has 2 N–H and O–H groups in total. The van der Waals surface area contributed by atoms with Gasteiger partial charge in [0.05, 0.1) is 12.5 Å². The Morgan fingerprint density at radius 2 is 1.79 bits per heavy atom. The van der Waals surface area contributed by atoms with Gasteiger partial charge in [-0.2, -0.15) is 0 Å². The lowest BCUT2D eigenvalue weighted by atomic mass is 9.46. The summed E-state index contributed by atoms with van der Waals surface area (Å²) in [4.78, 5) is 42.9. The zero-order valence-corrected chi connectivity index (χ0v) is 25.1. The topological polar surface area (TPSA) is 107 Å². The first-order valence-corrected chi connectivity index (χ1v) is 15.5. The van der Waals surface area contributed by atoms with Gasteiger partial charge in [-0.3, -0.25) is 14.4 Å². The van der Waals surface area contributed by atoms with Crippen molar-refractivity contribution in [1.29, 1.82) is 0 Å². The first-order valence-electron chi connectivity index (χ1n) is 15.5. The molecule has 3 saturated carbocycles. The quantitative estimate of drug-likeness (QED) is 0.498. The Bertz CT molecular complexity index is 1310. The average Bonchev–Trinajstić information content (AvgIpc) is 3.23. The number of fused-ring (bicyclic) bond motifs is 5. The Hall–Kier alpha value is -2.81. The number of anilines is 1. The van der Waals surface area contributed by atoms with Crippen LogP contribution in [0.5, 0.6) is 0 Å². The van der Waals surface area contributed by atoms with Gasteiger partial charge in [0, 0.05) is 48.6 Å². The van der Waals surface area contributed by atoms with Crippen LogP contribution in [0, 0.1) is 28.6 Å². The maximum atomic E-state index is 13.5. The Labute approximate surface area is 248 Å². The standard InChI is InChI=1S/C34H44N2O6/c1-32-12-10-25(37)19-23(32)6-9-26-27-11-13-34(41,33(27,2)20-28(38)31(26)32)29(39)21-42-30(40)18-22-4-7-24(8-5-22)36-16-14-35(3)15-17-36/h4-5,7-8,10,12,19,26-28,31,38,41H,6,9,11,13-18,20-21H2,1-3H3/t26?,27?,28-,31?,32?,33?,34-/m0/s1. The number of benzene rings is 1. The van der Waals surface area contributed by atoms with Crippen LogP contribution in [0.3, 0.4) is 0 Å². The molecule has 0 spiro atoms. The third kappa shape index (κ3) is 4.76. The number of rotatable bonds is 6. The molecular formula is C34H44N2O6. The van der Waals surface area contributed by atoms with E-state index in [1.54, 1.807) is 12.2 Å². The number of ketones is 2. The molecule has 226 valence electrons. The number of likely N-dealkylation sites (N-methyl/N-ethyl adjacent to an activating group) is 1. The fourth-order valence-electron chi connectivity index (χ4n) is 9.16. The SMILES string of the molecule is CN1CCN(c2ccc(CC(=O)OCC(=O)[C@@]3(O)CCC4C5CCC6=CC(=O)C=CC6(C)C5[C@@H](O)CC43C)cc2)CC1. The molecule has 0 bridgehead atoms. The van der Waals surface area contributed by atoms with Gasteiger partial charge in [0.25, 0.3) is 0 Å². The van der Waals surface area contributed by atoms with E-state index in [0.29, 0.717) is 19.3 Å². The minimum atomic E-state index is -1.66. The number of allylic oxidation sites excluding steroid dienone is 4.